The number of hydrogen-bond acceptors (Lipinski definition) is 5. The fraction of sp³-hybridized carbons (Fsp3) is 0.417. The normalized spacial score (nSPS) is 11.5. The van der Waals surface area contributed by atoms with E-state index in [0.29, 0.717) is 12.2 Å². The molecule has 0 aliphatic carbocycles. The number of nitrogens with one attached hydrogen (secondary N) is 1. The summed E-state index contributed by atoms with van der Waals surface area (Å²) in [6, 6.07) is 3.76. The Hall–Kier alpha value is -0.610. The molecule has 0 aromatic heterocycles. The van der Waals surface area contributed by atoms with Crippen LogP contribution in [0, 0.1) is 0 Å². The summed E-state index contributed by atoms with van der Waals surface area (Å²) in [5.41, 5.74) is 0.0142. The average molecular weight is 398 g/mol. The highest BCUT2D eigenvalue weighted by Crippen LogP contribution is 2.23. The van der Waals surface area contributed by atoms with E-state index in [2.05, 4.69) is 20.7 Å². The number of halogens is 1. The van der Waals surface area contributed by atoms with Crippen LogP contribution in [0.4, 0.5) is 0 Å². The quantitative estimate of drug-likeness (QED) is 0.546. The molecule has 0 unspecified atom stereocenters. The summed E-state index contributed by atoms with van der Waals surface area (Å²) in [5, 5.41) is 17.5. The molecule has 21 heavy (non-hydrogen) atoms. The van der Waals surface area contributed by atoms with Gasteiger partial charge in [0.2, 0.25) is 10.0 Å². The van der Waals surface area contributed by atoms with Crippen molar-refractivity contribution in [2.24, 2.45) is 0 Å². The van der Waals surface area contributed by atoms with Crippen LogP contribution in [-0.2, 0) is 10.0 Å². The van der Waals surface area contributed by atoms with Crippen LogP contribution in [0.1, 0.15) is 16.8 Å². The Morgan fingerprint density at radius 1 is 1.33 bits per heavy atom. The van der Waals surface area contributed by atoms with E-state index in [1.165, 1.54) is 18.2 Å². The minimum absolute atomic E-state index is 0.00728. The van der Waals surface area contributed by atoms with E-state index in [0.717, 1.165) is 5.75 Å². The molecule has 118 valence electrons. The van der Waals surface area contributed by atoms with Gasteiger partial charge in [-0.05, 0) is 46.3 Å². The molecule has 0 spiro atoms. The lowest BCUT2D eigenvalue weighted by molar-refractivity contribution is 0.0696. The van der Waals surface area contributed by atoms with Crippen LogP contribution in [-0.4, -0.2) is 49.3 Å². The van der Waals surface area contributed by atoms with Crippen LogP contribution in [0.3, 0.4) is 0 Å². The Kier molecular flexibility index (Phi) is 7.67. The molecule has 0 amide bonds. The molecule has 1 aromatic rings. The molecule has 9 heteroatoms. The summed E-state index contributed by atoms with van der Waals surface area (Å²) >= 11 is 4.63. The van der Waals surface area contributed by atoms with E-state index < -0.39 is 16.0 Å². The Balaban J connectivity index is 2.64. The number of carboxylic acids is 1. The molecule has 0 radical (unpaired) electrons. The van der Waals surface area contributed by atoms with Gasteiger partial charge in [0.15, 0.2) is 0 Å². The molecule has 0 aliphatic rings. The van der Waals surface area contributed by atoms with Gasteiger partial charge in [0, 0.05) is 23.4 Å². The van der Waals surface area contributed by atoms with E-state index in [1.54, 1.807) is 11.8 Å². The molecule has 3 N–H and O–H groups in total. The second kappa shape index (κ2) is 8.74. The van der Waals surface area contributed by atoms with Crippen molar-refractivity contribution in [1.82, 2.24) is 4.72 Å². The molecule has 1 rings (SSSR count). The lowest BCUT2D eigenvalue weighted by Gasteiger charge is -2.09. The Bertz CT molecular complexity index is 591. The highest BCUT2D eigenvalue weighted by atomic mass is 79.9. The van der Waals surface area contributed by atoms with Crippen molar-refractivity contribution < 1.29 is 23.4 Å². The standard InChI is InChI=1S/C12H16BrNO5S2/c13-10-8-9(12(16)17)2-3-11(10)21(18,19)14-4-7-20-6-1-5-15/h2-3,8,14-15H,1,4-7H2,(H,16,17). The number of carbonyl (C=O) groups is 1. The number of rotatable bonds is 9. The summed E-state index contributed by atoms with van der Waals surface area (Å²) in [7, 11) is -3.68. The summed E-state index contributed by atoms with van der Waals surface area (Å²) < 4.78 is 26.8. The topological polar surface area (TPSA) is 104 Å². The van der Waals surface area contributed by atoms with E-state index in [9.17, 15) is 13.2 Å². The second-order valence-electron chi connectivity index (χ2n) is 4.04. The Labute approximate surface area is 136 Å². The fourth-order valence-electron chi connectivity index (χ4n) is 1.45. The molecule has 0 atom stereocenters. The largest absolute Gasteiger partial charge is 0.478 e. The monoisotopic (exact) mass is 397 g/mol. The van der Waals surface area contributed by atoms with Crippen LogP contribution >= 0.6 is 27.7 Å². The van der Waals surface area contributed by atoms with Crippen molar-refractivity contribution in [3.8, 4) is 0 Å². The summed E-state index contributed by atoms with van der Waals surface area (Å²) in [6.45, 7) is 0.396. The number of carboxylic acid groups (broad SMARTS) is 1. The van der Waals surface area contributed by atoms with Gasteiger partial charge in [-0.3, -0.25) is 0 Å². The third-order valence-electron chi connectivity index (χ3n) is 2.45. The van der Waals surface area contributed by atoms with Gasteiger partial charge in [-0.1, -0.05) is 0 Å². The number of aliphatic hydroxyl groups is 1. The molecular formula is C12H16BrNO5S2. The van der Waals surface area contributed by atoms with E-state index >= 15 is 0 Å². The predicted molar refractivity (Wildman–Crippen MR) is 85.3 cm³/mol. The van der Waals surface area contributed by atoms with Crippen LogP contribution in [0.25, 0.3) is 0 Å². The number of hydrogen-bond donors (Lipinski definition) is 3. The average Bonchev–Trinajstić information content (AvgIpc) is 2.42. The zero-order chi connectivity index (χ0) is 15.9. The smallest absolute Gasteiger partial charge is 0.335 e. The highest BCUT2D eigenvalue weighted by Gasteiger charge is 2.18. The minimum Gasteiger partial charge on any atom is -0.478 e. The number of sulfonamides is 1. The number of aliphatic hydroxyl groups excluding tert-OH is 1. The first-order valence-electron chi connectivity index (χ1n) is 6.09. The van der Waals surface area contributed by atoms with Gasteiger partial charge < -0.3 is 10.2 Å². The molecule has 6 nitrogen and oxygen atoms in total. The molecule has 0 saturated carbocycles. The zero-order valence-electron chi connectivity index (χ0n) is 11.1. The van der Waals surface area contributed by atoms with Crippen molar-refractivity contribution in [3.63, 3.8) is 0 Å². The molecule has 0 heterocycles. The van der Waals surface area contributed by atoms with Gasteiger partial charge >= 0.3 is 5.97 Å². The maximum Gasteiger partial charge on any atom is 0.335 e. The van der Waals surface area contributed by atoms with Gasteiger partial charge in [-0.15, -0.1) is 0 Å². The van der Waals surface area contributed by atoms with Crippen molar-refractivity contribution in [1.29, 1.82) is 0 Å². The van der Waals surface area contributed by atoms with Crippen LogP contribution < -0.4 is 4.72 Å². The fourth-order valence-corrected chi connectivity index (χ4v) is 4.47. The van der Waals surface area contributed by atoms with Gasteiger partial charge in [0.1, 0.15) is 0 Å². The number of benzene rings is 1. The van der Waals surface area contributed by atoms with E-state index in [-0.39, 0.29) is 28.1 Å². The second-order valence-corrected chi connectivity index (χ2v) is 7.85. The van der Waals surface area contributed by atoms with E-state index in [1.807, 2.05) is 0 Å². The summed E-state index contributed by atoms with van der Waals surface area (Å²) in [5.74, 6) is 0.257. The van der Waals surface area contributed by atoms with Gasteiger partial charge in [-0.25, -0.2) is 17.9 Å². The van der Waals surface area contributed by atoms with Crippen molar-refractivity contribution >= 4 is 43.7 Å². The first-order chi connectivity index (χ1) is 9.88. The third kappa shape index (κ3) is 5.95. The summed E-state index contributed by atoms with van der Waals surface area (Å²) in [6.07, 6.45) is 0.680. The first kappa shape index (κ1) is 18.4. The number of thioether (sulfide) groups is 1. The van der Waals surface area contributed by atoms with Gasteiger partial charge in [-0.2, -0.15) is 11.8 Å². The van der Waals surface area contributed by atoms with Crippen LogP contribution in [0.2, 0.25) is 0 Å². The maximum absolute atomic E-state index is 12.1. The maximum atomic E-state index is 12.1. The van der Waals surface area contributed by atoms with Crippen molar-refractivity contribution in [2.75, 3.05) is 24.7 Å². The predicted octanol–water partition coefficient (Wildman–Crippen LogP) is 1.54. The Morgan fingerprint density at radius 2 is 2.05 bits per heavy atom. The van der Waals surface area contributed by atoms with Crippen LogP contribution in [0.15, 0.2) is 27.6 Å². The van der Waals surface area contributed by atoms with Gasteiger partial charge in [0.05, 0.1) is 10.5 Å². The van der Waals surface area contributed by atoms with Crippen molar-refractivity contribution in [3.05, 3.63) is 28.2 Å². The van der Waals surface area contributed by atoms with Gasteiger partial charge in [0.25, 0.3) is 0 Å². The lowest BCUT2D eigenvalue weighted by Crippen LogP contribution is -2.26. The Morgan fingerprint density at radius 3 is 2.62 bits per heavy atom. The molecule has 1 aromatic carbocycles. The minimum atomic E-state index is -3.68. The number of aromatic carboxylic acids is 1. The molecule has 0 fully saturated rings. The lowest BCUT2D eigenvalue weighted by atomic mass is 10.2. The molecule has 0 saturated heterocycles. The SMILES string of the molecule is O=C(O)c1ccc(S(=O)(=O)NCCSCCCO)c(Br)c1. The molecule has 0 aliphatic heterocycles. The first-order valence-corrected chi connectivity index (χ1v) is 9.52. The third-order valence-corrected chi connectivity index (χ3v) is 5.96. The molecule has 0 bridgehead atoms. The van der Waals surface area contributed by atoms with Crippen molar-refractivity contribution in [2.45, 2.75) is 11.3 Å². The molecular weight excluding hydrogens is 382 g/mol. The highest BCUT2D eigenvalue weighted by molar-refractivity contribution is 9.10. The summed E-state index contributed by atoms with van der Waals surface area (Å²) in [4.78, 5) is 10.8. The van der Waals surface area contributed by atoms with Crippen LogP contribution in [0.5, 0.6) is 0 Å². The zero-order valence-corrected chi connectivity index (χ0v) is 14.3. The van der Waals surface area contributed by atoms with E-state index in [4.69, 9.17) is 10.2 Å².